The summed E-state index contributed by atoms with van der Waals surface area (Å²) in [5.41, 5.74) is 7.57. The van der Waals surface area contributed by atoms with Gasteiger partial charge in [-0.05, 0) is 60.4 Å². The van der Waals surface area contributed by atoms with Crippen LogP contribution in [0.15, 0.2) is 66.7 Å². The number of carbonyl (C=O) groups excluding carboxylic acids is 3. The molecule has 0 radical (unpaired) electrons. The minimum Gasteiger partial charge on any atom is -0.497 e. The molecule has 0 saturated carbocycles. The number of rotatable bonds is 12. The van der Waals surface area contributed by atoms with Gasteiger partial charge >= 0.3 is 18.4 Å². The molecule has 0 aliphatic carbocycles. The molecular weight excluding hydrogens is 671 g/mol. The van der Waals surface area contributed by atoms with Crippen molar-refractivity contribution >= 4 is 23.8 Å². The maximum Gasteiger partial charge on any atom is 0.420 e. The van der Waals surface area contributed by atoms with Crippen molar-refractivity contribution in [2.75, 3.05) is 45.4 Å². The van der Waals surface area contributed by atoms with Crippen molar-refractivity contribution in [3.8, 4) is 5.75 Å². The number of hydrogen-bond acceptors (Lipinski definition) is 9. The van der Waals surface area contributed by atoms with E-state index in [1.807, 2.05) is 0 Å². The fourth-order valence-corrected chi connectivity index (χ4v) is 5.45. The lowest BCUT2D eigenvalue weighted by Crippen LogP contribution is -2.50. The van der Waals surface area contributed by atoms with E-state index in [0.717, 1.165) is 7.11 Å². The number of alkyl carbamates (subject to hydrolysis) is 1. The Morgan fingerprint density at radius 1 is 1.02 bits per heavy atom. The molecule has 4 N–H and O–H groups in total. The summed E-state index contributed by atoms with van der Waals surface area (Å²) in [6, 6.07) is 14.1. The second kappa shape index (κ2) is 17.2. The molecule has 1 heterocycles. The quantitative estimate of drug-likeness (QED) is 0.226. The largest absolute Gasteiger partial charge is 0.497 e. The first-order valence-electron chi connectivity index (χ1n) is 15.5. The molecule has 0 spiro atoms. The van der Waals surface area contributed by atoms with Crippen molar-refractivity contribution in [2.45, 2.75) is 43.1 Å². The number of ether oxygens (including phenoxy) is 4. The van der Waals surface area contributed by atoms with Crippen LogP contribution in [0.4, 0.5) is 37.2 Å². The fraction of sp³-hybridized carbons (Fsp3) is 0.382. The topological polar surface area (TPSA) is 141 Å². The van der Waals surface area contributed by atoms with E-state index in [2.05, 4.69) is 5.32 Å². The van der Waals surface area contributed by atoms with Crippen LogP contribution in [-0.4, -0.2) is 83.0 Å². The zero-order valence-corrected chi connectivity index (χ0v) is 27.2. The van der Waals surface area contributed by atoms with Gasteiger partial charge in [0, 0.05) is 18.0 Å². The van der Waals surface area contributed by atoms with Crippen molar-refractivity contribution in [1.29, 1.82) is 0 Å². The third-order valence-corrected chi connectivity index (χ3v) is 7.99. The van der Waals surface area contributed by atoms with E-state index in [1.165, 1.54) is 49.6 Å². The molecule has 1 aliphatic rings. The summed E-state index contributed by atoms with van der Waals surface area (Å²) in [6.07, 6.45) is -7.16. The van der Waals surface area contributed by atoms with Crippen LogP contribution in [-0.2, 0) is 25.4 Å². The molecule has 3 amide bonds. The SMILES string of the molecule is COC(=O)N(C(=O)[C@@H](N)[C@H](c1ccc(F)cc1)c1ccc(OC)cc1)c1cccc(F)c1CC[C@@H]1CN[C@H](COC(=O)NCC(F)(F)F)CO1. The molecule has 3 aromatic carbocycles. The number of methoxy groups -OCH3 is 2. The monoisotopic (exact) mass is 708 g/mol. The molecule has 0 unspecified atom stereocenters. The van der Waals surface area contributed by atoms with Gasteiger partial charge in [-0.2, -0.15) is 13.2 Å². The highest BCUT2D eigenvalue weighted by Gasteiger charge is 2.37. The highest BCUT2D eigenvalue weighted by atomic mass is 19.4. The summed E-state index contributed by atoms with van der Waals surface area (Å²) in [6.45, 7) is -1.50. The minimum atomic E-state index is -4.58. The number of imide groups is 1. The van der Waals surface area contributed by atoms with Crippen molar-refractivity contribution in [3.63, 3.8) is 0 Å². The van der Waals surface area contributed by atoms with E-state index in [1.54, 1.807) is 29.6 Å². The molecule has 0 aromatic heterocycles. The maximum absolute atomic E-state index is 15.4. The Hall–Kier alpha value is -4.80. The van der Waals surface area contributed by atoms with Gasteiger partial charge in [-0.15, -0.1) is 0 Å². The number of carbonyl (C=O) groups is 3. The van der Waals surface area contributed by atoms with Crippen LogP contribution in [0.1, 0.15) is 29.0 Å². The molecule has 4 atom stereocenters. The maximum atomic E-state index is 15.4. The predicted octanol–water partition coefficient (Wildman–Crippen LogP) is 4.81. The van der Waals surface area contributed by atoms with E-state index in [9.17, 15) is 31.9 Å². The Kier molecular flexibility index (Phi) is 13.1. The molecule has 1 saturated heterocycles. The van der Waals surface area contributed by atoms with Crippen molar-refractivity contribution in [1.82, 2.24) is 10.6 Å². The number of nitrogens with two attached hydrogens (primary N) is 1. The van der Waals surface area contributed by atoms with Crippen LogP contribution in [0.3, 0.4) is 0 Å². The molecule has 1 aliphatic heterocycles. The van der Waals surface area contributed by atoms with Crippen molar-refractivity contribution in [2.24, 2.45) is 5.73 Å². The Labute approximate surface area is 284 Å². The Morgan fingerprint density at radius 3 is 2.26 bits per heavy atom. The fourth-order valence-electron chi connectivity index (χ4n) is 5.45. The van der Waals surface area contributed by atoms with Crippen molar-refractivity contribution < 1.29 is 55.3 Å². The van der Waals surface area contributed by atoms with Gasteiger partial charge in [0.1, 0.15) is 30.5 Å². The molecule has 16 heteroatoms. The number of halogens is 5. The van der Waals surface area contributed by atoms with E-state index in [-0.39, 0.29) is 43.9 Å². The standard InChI is InChI=1S/C34H37F5N4O7/c1-47-24-12-8-21(9-13-24)29(20-6-10-22(35)11-7-20)30(40)31(44)43(33(46)48-2)28-5-3-4-27(36)26(28)15-14-25-16-41-23(17-49-25)18-50-32(45)42-19-34(37,38)39/h3-13,23,25,29-30,41H,14-19,40H2,1-2H3,(H,42,45)/t23-,25+,29+,30-/m0/s1. The summed E-state index contributed by atoms with van der Waals surface area (Å²) in [4.78, 5) is 39.6. The van der Waals surface area contributed by atoms with Gasteiger partial charge in [-0.3, -0.25) is 4.79 Å². The van der Waals surface area contributed by atoms with Gasteiger partial charge in [0.05, 0.1) is 44.7 Å². The molecule has 270 valence electrons. The Morgan fingerprint density at radius 2 is 1.68 bits per heavy atom. The number of morpholine rings is 1. The minimum absolute atomic E-state index is 0.00521. The van der Waals surface area contributed by atoms with Gasteiger partial charge in [-0.25, -0.2) is 23.3 Å². The molecule has 4 rings (SSSR count). The lowest BCUT2D eigenvalue weighted by atomic mass is 9.84. The Balaban J connectivity index is 1.50. The summed E-state index contributed by atoms with van der Waals surface area (Å²) in [7, 11) is 2.56. The average molecular weight is 709 g/mol. The number of hydrogen-bond donors (Lipinski definition) is 3. The first-order chi connectivity index (χ1) is 23.8. The van der Waals surface area contributed by atoms with Crippen LogP contribution < -0.4 is 26.0 Å². The first-order valence-corrected chi connectivity index (χ1v) is 15.5. The van der Waals surface area contributed by atoms with Crippen LogP contribution in [0.25, 0.3) is 0 Å². The highest BCUT2D eigenvalue weighted by molar-refractivity contribution is 6.15. The number of amides is 3. The van der Waals surface area contributed by atoms with Crippen LogP contribution in [0, 0.1) is 11.6 Å². The summed E-state index contributed by atoms with van der Waals surface area (Å²) in [5.74, 6) is -2.45. The highest BCUT2D eigenvalue weighted by Crippen LogP contribution is 2.33. The van der Waals surface area contributed by atoms with Crippen molar-refractivity contribution in [3.05, 3.63) is 95.1 Å². The summed E-state index contributed by atoms with van der Waals surface area (Å²) >= 11 is 0. The number of benzene rings is 3. The second-order valence-corrected chi connectivity index (χ2v) is 11.4. The summed E-state index contributed by atoms with van der Waals surface area (Å²) < 4.78 is 86.9. The first kappa shape index (κ1) is 38.0. The lowest BCUT2D eigenvalue weighted by Gasteiger charge is -2.31. The third-order valence-electron chi connectivity index (χ3n) is 7.99. The molecule has 0 bridgehead atoms. The van der Waals surface area contributed by atoms with Crippen LogP contribution in [0.5, 0.6) is 5.75 Å². The lowest BCUT2D eigenvalue weighted by molar-refractivity contribution is -0.124. The van der Waals surface area contributed by atoms with E-state index in [0.29, 0.717) is 21.8 Å². The third kappa shape index (κ3) is 10.1. The predicted molar refractivity (Wildman–Crippen MR) is 171 cm³/mol. The van der Waals surface area contributed by atoms with Gasteiger partial charge in [0.15, 0.2) is 0 Å². The second-order valence-electron chi connectivity index (χ2n) is 11.4. The van der Waals surface area contributed by atoms with E-state index >= 15 is 4.39 Å². The van der Waals surface area contributed by atoms with Gasteiger partial charge in [0.25, 0.3) is 5.91 Å². The summed E-state index contributed by atoms with van der Waals surface area (Å²) in [5, 5.41) is 4.67. The Bertz CT molecular complexity index is 1600. The number of anilines is 1. The smallest absolute Gasteiger partial charge is 0.420 e. The molecular formula is C34H37F5N4O7. The van der Waals surface area contributed by atoms with Crippen LogP contribution in [0.2, 0.25) is 0 Å². The zero-order chi connectivity index (χ0) is 36.4. The normalized spacial score (nSPS) is 17.3. The van der Waals surface area contributed by atoms with E-state index in [4.69, 9.17) is 24.7 Å². The average Bonchev–Trinajstić information content (AvgIpc) is 3.10. The number of nitrogens with zero attached hydrogens (tertiary/aromatic N) is 1. The van der Waals surface area contributed by atoms with Gasteiger partial charge in [0.2, 0.25) is 0 Å². The molecule has 11 nitrogen and oxygen atoms in total. The van der Waals surface area contributed by atoms with E-state index < -0.39 is 66.6 Å². The van der Waals surface area contributed by atoms with Crippen LogP contribution >= 0.6 is 0 Å². The number of alkyl halides is 3. The molecule has 3 aromatic rings. The number of nitrogens with one attached hydrogen (secondary N) is 2. The van der Waals surface area contributed by atoms with Gasteiger partial charge in [-0.1, -0.05) is 30.3 Å². The van der Waals surface area contributed by atoms with Gasteiger partial charge < -0.3 is 35.3 Å². The molecule has 50 heavy (non-hydrogen) atoms. The molecule has 1 fully saturated rings. The zero-order valence-electron chi connectivity index (χ0n) is 27.2.